The lowest BCUT2D eigenvalue weighted by Gasteiger charge is -2.21. The lowest BCUT2D eigenvalue weighted by molar-refractivity contribution is 0.416. The summed E-state index contributed by atoms with van der Waals surface area (Å²) in [4.78, 5) is 4.45. The van der Waals surface area contributed by atoms with Crippen molar-refractivity contribution in [2.24, 2.45) is 0 Å². The van der Waals surface area contributed by atoms with E-state index in [0.29, 0.717) is 0 Å². The molecule has 0 amide bonds. The summed E-state index contributed by atoms with van der Waals surface area (Å²) >= 11 is 0. The summed E-state index contributed by atoms with van der Waals surface area (Å²) < 4.78 is 0. The average Bonchev–Trinajstić information content (AvgIpc) is 2.26. The average molecular weight is 204 g/mol. The summed E-state index contributed by atoms with van der Waals surface area (Å²) in [5.74, 6) is 0. The third-order valence-electron chi connectivity index (χ3n) is 2.45. The van der Waals surface area contributed by atoms with Gasteiger partial charge in [0.25, 0.3) is 0 Å². The summed E-state index contributed by atoms with van der Waals surface area (Å²) in [5, 5.41) is 0. The topological polar surface area (TPSA) is 6.48 Å². The van der Waals surface area contributed by atoms with Gasteiger partial charge in [-0.15, -0.1) is 0 Å². The van der Waals surface area contributed by atoms with E-state index >= 15 is 0 Å². The Morgan fingerprint density at radius 3 is 2.13 bits per heavy atom. The molecule has 0 spiro atoms. The van der Waals surface area contributed by atoms with Crippen LogP contribution in [-0.2, 0) is 0 Å². The first kappa shape index (κ1) is 11.8. The molecule has 1 aromatic carbocycles. The highest BCUT2D eigenvalue weighted by Crippen LogP contribution is 2.13. The van der Waals surface area contributed by atoms with Crippen LogP contribution in [0.4, 0.5) is 5.69 Å². The number of nitrogens with zero attached hydrogens (tertiary/aromatic N) is 2. The standard InChI is InChI=1S/C13H20N2/c1-5-12-6-8-13(9-7-12)15(4)11-10-14(2)3/h5-9H,1,10-11H2,2-4H3. The lowest BCUT2D eigenvalue weighted by atomic mass is 10.2. The normalized spacial score (nSPS) is 10.4. The molecule has 0 atom stereocenters. The summed E-state index contributed by atoms with van der Waals surface area (Å²) in [6.07, 6.45) is 1.86. The predicted molar refractivity (Wildman–Crippen MR) is 68.4 cm³/mol. The van der Waals surface area contributed by atoms with Crippen molar-refractivity contribution < 1.29 is 0 Å². The molecule has 1 rings (SSSR count). The van der Waals surface area contributed by atoms with E-state index in [1.807, 2.05) is 6.08 Å². The molecule has 0 saturated heterocycles. The van der Waals surface area contributed by atoms with Crippen LogP contribution >= 0.6 is 0 Å². The van der Waals surface area contributed by atoms with Crippen LogP contribution in [0.3, 0.4) is 0 Å². The third-order valence-corrected chi connectivity index (χ3v) is 2.45. The Morgan fingerprint density at radius 2 is 1.67 bits per heavy atom. The van der Waals surface area contributed by atoms with Gasteiger partial charge >= 0.3 is 0 Å². The number of hydrogen-bond donors (Lipinski definition) is 0. The van der Waals surface area contributed by atoms with Gasteiger partial charge in [0.05, 0.1) is 0 Å². The Hall–Kier alpha value is -1.28. The third kappa shape index (κ3) is 3.76. The van der Waals surface area contributed by atoms with Crippen molar-refractivity contribution in [3.8, 4) is 0 Å². The second-order valence-corrected chi connectivity index (χ2v) is 4.02. The van der Waals surface area contributed by atoms with Crippen molar-refractivity contribution in [3.63, 3.8) is 0 Å². The summed E-state index contributed by atoms with van der Waals surface area (Å²) in [6.45, 7) is 5.86. The van der Waals surface area contributed by atoms with E-state index in [0.717, 1.165) is 13.1 Å². The number of benzene rings is 1. The van der Waals surface area contributed by atoms with Crippen molar-refractivity contribution in [1.82, 2.24) is 4.90 Å². The number of likely N-dealkylation sites (N-methyl/N-ethyl adjacent to an activating group) is 2. The fourth-order valence-electron chi connectivity index (χ4n) is 1.34. The van der Waals surface area contributed by atoms with Gasteiger partial charge in [-0.1, -0.05) is 24.8 Å². The van der Waals surface area contributed by atoms with Gasteiger partial charge in [-0.25, -0.2) is 0 Å². The van der Waals surface area contributed by atoms with Gasteiger partial charge in [0.1, 0.15) is 0 Å². The smallest absolute Gasteiger partial charge is 0.0364 e. The Balaban J connectivity index is 2.57. The molecule has 1 aromatic rings. The molecule has 0 aromatic heterocycles. The highest BCUT2D eigenvalue weighted by atomic mass is 15.1. The SMILES string of the molecule is C=Cc1ccc(N(C)CCN(C)C)cc1. The van der Waals surface area contributed by atoms with Gasteiger partial charge in [-0.3, -0.25) is 0 Å². The number of anilines is 1. The van der Waals surface area contributed by atoms with Crippen LogP contribution in [0.15, 0.2) is 30.8 Å². The lowest BCUT2D eigenvalue weighted by Crippen LogP contribution is -2.28. The zero-order valence-electron chi connectivity index (χ0n) is 9.90. The molecule has 2 heteroatoms. The Morgan fingerprint density at radius 1 is 1.07 bits per heavy atom. The highest BCUT2D eigenvalue weighted by Gasteiger charge is 2.00. The van der Waals surface area contributed by atoms with E-state index < -0.39 is 0 Å². The molecule has 0 unspecified atom stereocenters. The van der Waals surface area contributed by atoms with Crippen LogP contribution in [0.5, 0.6) is 0 Å². The van der Waals surface area contributed by atoms with Crippen LogP contribution < -0.4 is 4.90 Å². The fourth-order valence-corrected chi connectivity index (χ4v) is 1.34. The van der Waals surface area contributed by atoms with Crippen LogP contribution in [0, 0.1) is 0 Å². The second kappa shape index (κ2) is 5.56. The van der Waals surface area contributed by atoms with E-state index in [4.69, 9.17) is 0 Å². The van der Waals surface area contributed by atoms with E-state index in [2.05, 4.69) is 61.8 Å². The summed E-state index contributed by atoms with van der Waals surface area (Å²) in [7, 11) is 6.30. The molecule has 0 saturated carbocycles. The molecule has 2 nitrogen and oxygen atoms in total. The van der Waals surface area contributed by atoms with Crippen molar-refractivity contribution in [2.75, 3.05) is 39.1 Å². The monoisotopic (exact) mass is 204 g/mol. The van der Waals surface area contributed by atoms with E-state index in [9.17, 15) is 0 Å². The molecule has 15 heavy (non-hydrogen) atoms. The minimum atomic E-state index is 1.04. The molecule has 0 heterocycles. The zero-order valence-corrected chi connectivity index (χ0v) is 9.90. The van der Waals surface area contributed by atoms with E-state index in [1.54, 1.807) is 0 Å². The molecular formula is C13H20N2. The largest absolute Gasteiger partial charge is 0.373 e. The fraction of sp³-hybridized carbons (Fsp3) is 0.385. The first-order valence-electron chi connectivity index (χ1n) is 5.22. The van der Waals surface area contributed by atoms with Gasteiger partial charge in [0.2, 0.25) is 0 Å². The maximum Gasteiger partial charge on any atom is 0.0364 e. The molecule has 0 aliphatic heterocycles. The minimum absolute atomic E-state index is 1.04. The van der Waals surface area contributed by atoms with Crippen molar-refractivity contribution in [1.29, 1.82) is 0 Å². The first-order chi connectivity index (χ1) is 7.13. The van der Waals surface area contributed by atoms with Crippen LogP contribution in [0.2, 0.25) is 0 Å². The van der Waals surface area contributed by atoms with Crippen molar-refractivity contribution >= 4 is 11.8 Å². The van der Waals surface area contributed by atoms with E-state index in [1.165, 1.54) is 11.3 Å². The van der Waals surface area contributed by atoms with Gasteiger partial charge in [0, 0.05) is 25.8 Å². The van der Waals surface area contributed by atoms with Crippen LogP contribution in [0.1, 0.15) is 5.56 Å². The maximum absolute atomic E-state index is 3.74. The summed E-state index contributed by atoms with van der Waals surface area (Å²) in [5.41, 5.74) is 2.42. The van der Waals surface area contributed by atoms with Crippen molar-refractivity contribution in [2.45, 2.75) is 0 Å². The van der Waals surface area contributed by atoms with Gasteiger partial charge < -0.3 is 9.80 Å². The van der Waals surface area contributed by atoms with E-state index in [-0.39, 0.29) is 0 Å². The van der Waals surface area contributed by atoms with Crippen molar-refractivity contribution in [3.05, 3.63) is 36.4 Å². The van der Waals surface area contributed by atoms with Crippen LogP contribution in [0.25, 0.3) is 6.08 Å². The van der Waals surface area contributed by atoms with Gasteiger partial charge in [0.15, 0.2) is 0 Å². The maximum atomic E-state index is 3.74. The van der Waals surface area contributed by atoms with Gasteiger partial charge in [-0.05, 0) is 31.8 Å². The molecule has 82 valence electrons. The molecular weight excluding hydrogens is 184 g/mol. The Kier molecular flexibility index (Phi) is 4.37. The molecule has 0 radical (unpaired) electrons. The first-order valence-corrected chi connectivity index (χ1v) is 5.22. The predicted octanol–water partition coefficient (Wildman–Crippen LogP) is 2.33. The molecule has 0 bridgehead atoms. The zero-order chi connectivity index (χ0) is 11.3. The number of rotatable bonds is 5. The molecule has 0 fully saturated rings. The molecule has 0 aliphatic rings. The van der Waals surface area contributed by atoms with Crippen LogP contribution in [-0.4, -0.2) is 39.1 Å². The Labute approximate surface area is 92.8 Å². The summed E-state index contributed by atoms with van der Waals surface area (Å²) in [6, 6.07) is 8.45. The molecule has 0 N–H and O–H groups in total. The molecule has 0 aliphatic carbocycles. The Bertz CT molecular complexity index is 301. The second-order valence-electron chi connectivity index (χ2n) is 4.02. The quantitative estimate of drug-likeness (QED) is 0.726. The van der Waals surface area contributed by atoms with Gasteiger partial charge in [-0.2, -0.15) is 0 Å². The highest BCUT2D eigenvalue weighted by molar-refractivity contribution is 5.54. The minimum Gasteiger partial charge on any atom is -0.373 e. The number of hydrogen-bond acceptors (Lipinski definition) is 2.